The molecule has 2 aromatic heterocycles. The topological polar surface area (TPSA) is 28.7 Å². The molecule has 2 nitrogen and oxygen atoms in total. The standard InChI is InChI=1S/C9H8N2S2/c1-6-5-8(12)11-9(10-6)7-3-2-4-13-7/h2-5H,1H3,(H,10,11,12). The summed E-state index contributed by atoms with van der Waals surface area (Å²) in [7, 11) is 0. The van der Waals surface area contributed by atoms with Crippen molar-refractivity contribution in [3.8, 4) is 10.7 Å². The fourth-order valence-electron chi connectivity index (χ4n) is 1.11. The average Bonchev–Trinajstić information content (AvgIpc) is 2.53. The molecule has 2 rings (SSSR count). The fourth-order valence-corrected chi connectivity index (χ4v) is 2.05. The van der Waals surface area contributed by atoms with Gasteiger partial charge in [-0.25, -0.2) is 4.98 Å². The molecule has 2 aromatic rings. The first-order valence-electron chi connectivity index (χ1n) is 3.87. The number of thiophene rings is 1. The van der Waals surface area contributed by atoms with Gasteiger partial charge < -0.3 is 4.98 Å². The van der Waals surface area contributed by atoms with E-state index >= 15 is 0 Å². The van der Waals surface area contributed by atoms with Crippen LogP contribution in [0.25, 0.3) is 10.7 Å². The van der Waals surface area contributed by atoms with Crippen LogP contribution < -0.4 is 0 Å². The normalized spacial score (nSPS) is 10.2. The van der Waals surface area contributed by atoms with E-state index in [9.17, 15) is 0 Å². The Labute approximate surface area is 85.3 Å². The van der Waals surface area contributed by atoms with Crippen LogP contribution in [0, 0.1) is 11.6 Å². The van der Waals surface area contributed by atoms with Crippen LogP contribution in [0.1, 0.15) is 5.69 Å². The molecule has 0 amide bonds. The maximum absolute atomic E-state index is 5.03. The molecule has 0 spiro atoms. The summed E-state index contributed by atoms with van der Waals surface area (Å²) in [6, 6.07) is 5.88. The van der Waals surface area contributed by atoms with Crippen molar-refractivity contribution in [3.63, 3.8) is 0 Å². The largest absolute Gasteiger partial charge is 0.343 e. The Morgan fingerprint density at radius 1 is 1.54 bits per heavy atom. The highest BCUT2D eigenvalue weighted by atomic mass is 32.1. The van der Waals surface area contributed by atoms with Crippen molar-refractivity contribution < 1.29 is 0 Å². The quantitative estimate of drug-likeness (QED) is 0.729. The van der Waals surface area contributed by atoms with Crippen LogP contribution >= 0.6 is 23.6 Å². The van der Waals surface area contributed by atoms with Crippen LogP contribution in [0.5, 0.6) is 0 Å². The summed E-state index contributed by atoms with van der Waals surface area (Å²) in [5.41, 5.74) is 1.04. The van der Waals surface area contributed by atoms with Crippen molar-refractivity contribution >= 4 is 23.6 Å². The lowest BCUT2D eigenvalue weighted by molar-refractivity contribution is 1.10. The second kappa shape index (κ2) is 3.40. The van der Waals surface area contributed by atoms with E-state index in [2.05, 4.69) is 9.97 Å². The van der Waals surface area contributed by atoms with Gasteiger partial charge in [-0.05, 0) is 24.4 Å². The highest BCUT2D eigenvalue weighted by Crippen LogP contribution is 2.20. The third-order valence-electron chi connectivity index (χ3n) is 1.63. The van der Waals surface area contributed by atoms with E-state index in [1.165, 1.54) is 0 Å². The van der Waals surface area contributed by atoms with Crippen molar-refractivity contribution in [3.05, 3.63) is 33.9 Å². The zero-order valence-corrected chi connectivity index (χ0v) is 8.71. The molecule has 4 heteroatoms. The first-order chi connectivity index (χ1) is 6.25. The van der Waals surface area contributed by atoms with Crippen LogP contribution in [0.4, 0.5) is 0 Å². The molecule has 0 fully saturated rings. The van der Waals surface area contributed by atoms with Crippen LogP contribution in [0.15, 0.2) is 23.6 Å². The maximum Gasteiger partial charge on any atom is 0.149 e. The Morgan fingerprint density at radius 3 is 3.00 bits per heavy atom. The van der Waals surface area contributed by atoms with Gasteiger partial charge in [0.15, 0.2) is 0 Å². The number of nitrogens with one attached hydrogen (secondary N) is 1. The van der Waals surface area contributed by atoms with E-state index in [4.69, 9.17) is 12.2 Å². The lowest BCUT2D eigenvalue weighted by Gasteiger charge is -1.98. The molecule has 0 atom stereocenters. The van der Waals surface area contributed by atoms with Gasteiger partial charge in [-0.3, -0.25) is 0 Å². The molecule has 0 radical (unpaired) electrons. The van der Waals surface area contributed by atoms with Gasteiger partial charge in [0.05, 0.1) is 4.88 Å². The van der Waals surface area contributed by atoms with Crippen LogP contribution in [0.2, 0.25) is 0 Å². The van der Waals surface area contributed by atoms with Gasteiger partial charge >= 0.3 is 0 Å². The summed E-state index contributed by atoms with van der Waals surface area (Å²) in [6.07, 6.45) is 0. The van der Waals surface area contributed by atoms with Crippen LogP contribution in [-0.4, -0.2) is 9.97 Å². The predicted molar refractivity (Wildman–Crippen MR) is 57.5 cm³/mol. The molecular weight excluding hydrogens is 200 g/mol. The summed E-state index contributed by atoms with van der Waals surface area (Å²) < 4.78 is 0.639. The van der Waals surface area contributed by atoms with Gasteiger partial charge in [0.2, 0.25) is 0 Å². The molecule has 0 aromatic carbocycles. The Hall–Kier alpha value is -1.00. The number of hydrogen-bond donors (Lipinski definition) is 1. The molecule has 13 heavy (non-hydrogen) atoms. The first kappa shape index (κ1) is 8.59. The second-order valence-corrected chi connectivity index (χ2v) is 4.09. The molecule has 0 saturated heterocycles. The molecule has 0 unspecified atom stereocenters. The summed E-state index contributed by atoms with van der Waals surface area (Å²) in [4.78, 5) is 8.55. The molecular formula is C9H8N2S2. The predicted octanol–water partition coefficient (Wildman–Crippen LogP) is 3.18. The monoisotopic (exact) mass is 208 g/mol. The molecule has 0 saturated carbocycles. The first-order valence-corrected chi connectivity index (χ1v) is 5.16. The van der Waals surface area contributed by atoms with E-state index in [1.54, 1.807) is 11.3 Å². The van der Waals surface area contributed by atoms with E-state index in [1.807, 2.05) is 30.5 Å². The summed E-state index contributed by atoms with van der Waals surface area (Å²) >= 11 is 6.69. The zero-order valence-electron chi connectivity index (χ0n) is 7.07. The third kappa shape index (κ3) is 1.84. The average molecular weight is 208 g/mol. The number of nitrogens with zero attached hydrogens (tertiary/aromatic N) is 1. The Balaban J connectivity index is 2.59. The molecule has 0 aliphatic carbocycles. The van der Waals surface area contributed by atoms with Crippen molar-refractivity contribution in [2.45, 2.75) is 6.92 Å². The fraction of sp³-hybridized carbons (Fsp3) is 0.111. The van der Waals surface area contributed by atoms with Gasteiger partial charge in [0.25, 0.3) is 0 Å². The van der Waals surface area contributed by atoms with E-state index in [0.717, 1.165) is 16.4 Å². The van der Waals surface area contributed by atoms with Crippen LogP contribution in [-0.2, 0) is 0 Å². The minimum Gasteiger partial charge on any atom is -0.343 e. The number of aromatic amines is 1. The van der Waals surface area contributed by atoms with Gasteiger partial charge in [-0.2, -0.15) is 0 Å². The SMILES string of the molecule is Cc1cc(=S)nc(-c2cccs2)[nH]1. The number of hydrogen-bond acceptors (Lipinski definition) is 3. The number of H-pyrrole nitrogens is 1. The molecule has 66 valence electrons. The lowest BCUT2D eigenvalue weighted by Crippen LogP contribution is -1.89. The molecule has 0 bridgehead atoms. The number of aryl methyl sites for hydroxylation is 1. The summed E-state index contributed by atoms with van der Waals surface area (Å²) in [5, 5.41) is 2.02. The van der Waals surface area contributed by atoms with Gasteiger partial charge in [0.1, 0.15) is 10.5 Å². The van der Waals surface area contributed by atoms with Gasteiger partial charge in [-0.15, -0.1) is 11.3 Å². The molecule has 2 heterocycles. The number of rotatable bonds is 1. The van der Waals surface area contributed by atoms with Crippen molar-refractivity contribution in [1.29, 1.82) is 0 Å². The smallest absolute Gasteiger partial charge is 0.149 e. The minimum absolute atomic E-state index is 0.639. The molecule has 1 N–H and O–H groups in total. The van der Waals surface area contributed by atoms with Crippen LogP contribution in [0.3, 0.4) is 0 Å². The maximum atomic E-state index is 5.03. The highest BCUT2D eigenvalue weighted by molar-refractivity contribution is 7.71. The van der Waals surface area contributed by atoms with Gasteiger partial charge in [0, 0.05) is 5.69 Å². The second-order valence-electron chi connectivity index (χ2n) is 2.73. The van der Waals surface area contributed by atoms with Gasteiger partial charge in [-0.1, -0.05) is 18.3 Å². The van der Waals surface area contributed by atoms with Crippen molar-refractivity contribution in [2.75, 3.05) is 0 Å². The summed E-state index contributed by atoms with van der Waals surface area (Å²) in [5.74, 6) is 0.861. The molecule has 0 aliphatic heterocycles. The zero-order chi connectivity index (χ0) is 9.26. The van der Waals surface area contributed by atoms with E-state index < -0.39 is 0 Å². The minimum atomic E-state index is 0.639. The summed E-state index contributed by atoms with van der Waals surface area (Å²) in [6.45, 7) is 1.98. The third-order valence-corrected chi connectivity index (χ3v) is 2.72. The Morgan fingerprint density at radius 2 is 2.38 bits per heavy atom. The van der Waals surface area contributed by atoms with E-state index in [-0.39, 0.29) is 0 Å². The Kier molecular flexibility index (Phi) is 2.24. The molecule has 0 aliphatic rings. The Bertz CT molecular complexity index is 457. The lowest BCUT2D eigenvalue weighted by atomic mass is 10.4. The van der Waals surface area contributed by atoms with E-state index in [0.29, 0.717) is 4.64 Å². The number of aromatic nitrogens is 2. The van der Waals surface area contributed by atoms with Crippen molar-refractivity contribution in [1.82, 2.24) is 9.97 Å². The van der Waals surface area contributed by atoms with Crippen molar-refractivity contribution in [2.24, 2.45) is 0 Å². The highest BCUT2D eigenvalue weighted by Gasteiger charge is 2.00.